The molecular formula is C15H14F3NO3S. The van der Waals surface area contributed by atoms with E-state index in [2.05, 4.69) is 0 Å². The van der Waals surface area contributed by atoms with Crippen LogP contribution in [0.1, 0.15) is 30.1 Å². The number of esters is 1. The van der Waals surface area contributed by atoms with Crippen LogP contribution in [0.4, 0.5) is 18.2 Å². The number of halogens is 3. The Hall–Kier alpha value is -2.09. The lowest BCUT2D eigenvalue weighted by atomic mass is 10.1. The van der Waals surface area contributed by atoms with Gasteiger partial charge in [0.15, 0.2) is 0 Å². The number of amides is 1. The Morgan fingerprint density at radius 3 is 2.61 bits per heavy atom. The van der Waals surface area contributed by atoms with Crippen LogP contribution in [0, 0.1) is 0 Å². The van der Waals surface area contributed by atoms with Crippen molar-refractivity contribution in [3.8, 4) is 0 Å². The van der Waals surface area contributed by atoms with Gasteiger partial charge in [-0.1, -0.05) is 31.5 Å². The summed E-state index contributed by atoms with van der Waals surface area (Å²) in [6.07, 6.45) is -3.56. The van der Waals surface area contributed by atoms with E-state index in [9.17, 15) is 22.8 Å². The van der Waals surface area contributed by atoms with Crippen LogP contribution in [-0.2, 0) is 9.53 Å². The van der Waals surface area contributed by atoms with Crippen LogP contribution >= 0.6 is 11.3 Å². The minimum absolute atomic E-state index is 0.0423. The largest absolute Gasteiger partial charge is 0.471 e. The first-order chi connectivity index (χ1) is 10.8. The molecule has 1 aromatic carbocycles. The van der Waals surface area contributed by atoms with E-state index in [1.54, 1.807) is 29.6 Å². The molecule has 0 saturated heterocycles. The van der Waals surface area contributed by atoms with E-state index in [0.717, 1.165) is 17.8 Å². The molecule has 0 fully saturated rings. The molecule has 2 rings (SSSR count). The Bertz CT molecular complexity index is 724. The number of rotatable bonds is 5. The third-order valence-corrected chi connectivity index (χ3v) is 4.10. The van der Waals surface area contributed by atoms with Gasteiger partial charge in [0.1, 0.15) is 10.6 Å². The summed E-state index contributed by atoms with van der Waals surface area (Å²) in [5.41, 5.74) is -0.0423. The van der Waals surface area contributed by atoms with Crippen molar-refractivity contribution in [1.29, 1.82) is 0 Å². The summed E-state index contributed by atoms with van der Waals surface area (Å²) in [4.78, 5) is 23.4. The molecule has 0 saturated carbocycles. The van der Waals surface area contributed by atoms with Gasteiger partial charge in [0.2, 0.25) is 0 Å². The molecule has 23 heavy (non-hydrogen) atoms. The molecular weight excluding hydrogens is 331 g/mol. The van der Waals surface area contributed by atoms with Crippen LogP contribution in [-0.4, -0.2) is 24.7 Å². The van der Waals surface area contributed by atoms with Crippen LogP contribution in [0.2, 0.25) is 0 Å². The quantitative estimate of drug-likeness (QED) is 0.647. The number of hydrogen-bond acceptors (Lipinski definition) is 4. The number of unbranched alkanes of at least 4 members (excludes halogenated alkanes) is 1. The van der Waals surface area contributed by atoms with Crippen LogP contribution in [0.5, 0.6) is 0 Å². The van der Waals surface area contributed by atoms with Gasteiger partial charge in [0.05, 0.1) is 6.61 Å². The molecule has 0 spiro atoms. The smallest absolute Gasteiger partial charge is 0.462 e. The molecule has 1 amide bonds. The van der Waals surface area contributed by atoms with Crippen molar-refractivity contribution in [2.75, 3.05) is 11.9 Å². The lowest BCUT2D eigenvalue weighted by Gasteiger charge is -2.09. The fraction of sp³-hybridized carbons (Fsp3) is 0.333. The highest BCUT2D eigenvalue weighted by Crippen LogP contribution is 2.37. The first-order valence-electron chi connectivity index (χ1n) is 6.91. The van der Waals surface area contributed by atoms with Crippen LogP contribution in [0.25, 0.3) is 10.1 Å². The zero-order valence-electron chi connectivity index (χ0n) is 12.2. The van der Waals surface area contributed by atoms with E-state index in [1.165, 1.54) is 0 Å². The highest BCUT2D eigenvalue weighted by atomic mass is 32.1. The van der Waals surface area contributed by atoms with E-state index >= 15 is 0 Å². The Balaban J connectivity index is 2.37. The fourth-order valence-corrected chi connectivity index (χ4v) is 2.98. The second kappa shape index (κ2) is 6.99. The maximum Gasteiger partial charge on any atom is 0.471 e. The van der Waals surface area contributed by atoms with E-state index < -0.39 is 18.1 Å². The number of carbonyl (C=O) groups excluding carboxylic acids is 2. The van der Waals surface area contributed by atoms with Crippen LogP contribution < -0.4 is 5.32 Å². The maximum atomic E-state index is 12.4. The van der Waals surface area contributed by atoms with Crippen LogP contribution in [0.15, 0.2) is 24.3 Å². The SMILES string of the molecule is CCCCOC(=O)c1c(NC(=O)C(F)(F)F)sc2ccccc12. The number of anilines is 1. The van der Waals surface area contributed by atoms with Gasteiger partial charge >= 0.3 is 18.1 Å². The molecule has 124 valence electrons. The zero-order valence-corrected chi connectivity index (χ0v) is 13.0. The monoisotopic (exact) mass is 345 g/mol. The molecule has 2 aromatic rings. The number of benzene rings is 1. The maximum absolute atomic E-state index is 12.4. The number of hydrogen-bond donors (Lipinski definition) is 1. The van der Waals surface area contributed by atoms with Crippen molar-refractivity contribution in [3.05, 3.63) is 29.8 Å². The Morgan fingerprint density at radius 1 is 1.26 bits per heavy atom. The minimum Gasteiger partial charge on any atom is -0.462 e. The lowest BCUT2D eigenvalue weighted by molar-refractivity contribution is -0.167. The Labute approximate surface area is 134 Å². The van der Waals surface area contributed by atoms with Gasteiger partial charge in [-0.3, -0.25) is 4.79 Å². The third kappa shape index (κ3) is 4.01. The number of fused-ring (bicyclic) bond motifs is 1. The second-order valence-corrected chi connectivity index (χ2v) is 5.80. The molecule has 1 heterocycles. The van der Waals surface area contributed by atoms with Gasteiger partial charge in [-0.15, -0.1) is 11.3 Å². The molecule has 1 aromatic heterocycles. The van der Waals surface area contributed by atoms with E-state index in [-0.39, 0.29) is 17.2 Å². The first-order valence-corrected chi connectivity index (χ1v) is 7.73. The van der Waals surface area contributed by atoms with Crippen molar-refractivity contribution in [2.24, 2.45) is 0 Å². The van der Waals surface area contributed by atoms with E-state index in [1.807, 2.05) is 6.92 Å². The molecule has 0 aliphatic carbocycles. The summed E-state index contributed by atoms with van der Waals surface area (Å²) in [5, 5.41) is 2.06. The molecule has 8 heteroatoms. The number of carbonyl (C=O) groups is 2. The van der Waals surface area contributed by atoms with Gasteiger partial charge < -0.3 is 10.1 Å². The van der Waals surface area contributed by atoms with Crippen molar-refractivity contribution < 1.29 is 27.5 Å². The summed E-state index contributed by atoms with van der Waals surface area (Å²) in [5.74, 6) is -2.86. The third-order valence-electron chi connectivity index (χ3n) is 3.02. The zero-order chi connectivity index (χ0) is 17.0. The Kier molecular flexibility index (Phi) is 5.25. The predicted molar refractivity (Wildman–Crippen MR) is 81.7 cm³/mol. The van der Waals surface area contributed by atoms with Gasteiger partial charge in [-0.05, 0) is 12.5 Å². The predicted octanol–water partition coefficient (Wildman–Crippen LogP) is 4.36. The minimum atomic E-state index is -5.03. The molecule has 4 nitrogen and oxygen atoms in total. The van der Waals surface area contributed by atoms with E-state index in [0.29, 0.717) is 16.5 Å². The average Bonchev–Trinajstić information content (AvgIpc) is 2.84. The van der Waals surface area contributed by atoms with Gasteiger partial charge in [-0.25, -0.2) is 4.79 Å². The van der Waals surface area contributed by atoms with Crippen molar-refractivity contribution >= 4 is 38.3 Å². The standard InChI is InChI=1S/C15H14F3NO3S/c1-2-3-8-22-13(20)11-9-6-4-5-7-10(9)23-12(11)19-14(21)15(16,17)18/h4-7H,2-3,8H2,1H3,(H,19,21). The number of ether oxygens (including phenoxy) is 1. The van der Waals surface area contributed by atoms with E-state index in [4.69, 9.17) is 4.74 Å². The summed E-state index contributed by atoms with van der Waals surface area (Å²) >= 11 is 0.903. The van der Waals surface area contributed by atoms with Gasteiger partial charge in [0.25, 0.3) is 0 Å². The second-order valence-electron chi connectivity index (χ2n) is 4.74. The average molecular weight is 345 g/mol. The highest BCUT2D eigenvalue weighted by molar-refractivity contribution is 7.23. The topological polar surface area (TPSA) is 55.4 Å². The summed E-state index contributed by atoms with van der Waals surface area (Å²) in [6.45, 7) is 2.09. The normalized spacial score (nSPS) is 11.5. The summed E-state index contributed by atoms with van der Waals surface area (Å²) < 4.78 is 43.0. The Morgan fingerprint density at radius 2 is 1.96 bits per heavy atom. The van der Waals surface area contributed by atoms with Gasteiger partial charge in [-0.2, -0.15) is 13.2 Å². The van der Waals surface area contributed by atoms with Gasteiger partial charge in [0, 0.05) is 10.1 Å². The van der Waals surface area contributed by atoms with Crippen molar-refractivity contribution in [3.63, 3.8) is 0 Å². The summed E-state index contributed by atoms with van der Waals surface area (Å²) in [6, 6.07) is 6.62. The molecule has 0 unspecified atom stereocenters. The molecule has 0 atom stereocenters. The van der Waals surface area contributed by atoms with Crippen molar-refractivity contribution in [1.82, 2.24) is 0 Å². The molecule has 0 radical (unpaired) electrons. The molecule has 1 N–H and O–H groups in total. The summed E-state index contributed by atoms with van der Waals surface area (Å²) in [7, 11) is 0. The molecule has 0 bridgehead atoms. The van der Waals surface area contributed by atoms with Crippen LogP contribution in [0.3, 0.4) is 0 Å². The lowest BCUT2D eigenvalue weighted by Crippen LogP contribution is -2.30. The number of thiophene rings is 1. The molecule has 0 aliphatic heterocycles. The highest BCUT2D eigenvalue weighted by Gasteiger charge is 2.39. The molecule has 0 aliphatic rings. The number of nitrogens with one attached hydrogen (secondary N) is 1. The van der Waals surface area contributed by atoms with Crippen molar-refractivity contribution in [2.45, 2.75) is 25.9 Å². The number of alkyl halides is 3. The fourth-order valence-electron chi connectivity index (χ4n) is 1.89. The first kappa shape index (κ1) is 17.3.